The van der Waals surface area contributed by atoms with E-state index < -0.39 is 11.5 Å². The van der Waals surface area contributed by atoms with Crippen molar-refractivity contribution in [2.75, 3.05) is 33.7 Å². The largest absolute Gasteiger partial charge is 0.481 e. The first-order valence-corrected chi connectivity index (χ1v) is 7.13. The summed E-state index contributed by atoms with van der Waals surface area (Å²) in [5.41, 5.74) is -0.732. The predicted octanol–water partition coefficient (Wildman–Crippen LogP) is 1.22. The maximum atomic E-state index is 12.1. The van der Waals surface area contributed by atoms with Crippen LogP contribution in [0.2, 0.25) is 0 Å². The molecular formula is C14H27N3O3. The highest BCUT2D eigenvalue weighted by atomic mass is 16.4. The Hall–Kier alpha value is -1.30. The number of urea groups is 1. The first-order valence-electron chi connectivity index (χ1n) is 7.13. The van der Waals surface area contributed by atoms with E-state index >= 15 is 0 Å². The minimum absolute atomic E-state index is 0.0825. The number of nitrogens with one attached hydrogen (secondary N) is 1. The second-order valence-corrected chi connectivity index (χ2v) is 6.51. The Morgan fingerprint density at radius 1 is 1.35 bits per heavy atom. The fourth-order valence-electron chi connectivity index (χ4n) is 2.52. The second kappa shape index (κ2) is 6.92. The van der Waals surface area contributed by atoms with Crippen LogP contribution in [0.4, 0.5) is 4.79 Å². The van der Waals surface area contributed by atoms with Crippen molar-refractivity contribution in [2.24, 2.45) is 5.92 Å². The fraction of sp³-hybridized carbons (Fsp3) is 0.857. The minimum atomic E-state index is -0.909. The van der Waals surface area contributed by atoms with Crippen LogP contribution < -0.4 is 5.32 Å². The maximum absolute atomic E-state index is 12.1. The van der Waals surface area contributed by atoms with Crippen LogP contribution in [-0.2, 0) is 4.79 Å². The van der Waals surface area contributed by atoms with Gasteiger partial charge >= 0.3 is 12.0 Å². The molecule has 0 spiro atoms. The molecule has 0 aliphatic carbocycles. The number of amides is 2. The molecule has 1 aliphatic heterocycles. The van der Waals surface area contributed by atoms with Gasteiger partial charge in [0.05, 0.1) is 6.42 Å². The van der Waals surface area contributed by atoms with Crippen molar-refractivity contribution in [3.05, 3.63) is 0 Å². The third-order valence-corrected chi connectivity index (χ3v) is 3.76. The zero-order valence-electron chi connectivity index (χ0n) is 13.0. The first kappa shape index (κ1) is 16.8. The van der Waals surface area contributed by atoms with Crippen molar-refractivity contribution >= 4 is 12.0 Å². The number of carbonyl (C=O) groups is 2. The molecule has 116 valence electrons. The zero-order valence-corrected chi connectivity index (χ0v) is 13.0. The van der Waals surface area contributed by atoms with Gasteiger partial charge in [-0.3, -0.25) is 4.79 Å². The van der Waals surface area contributed by atoms with E-state index in [1.165, 1.54) is 0 Å². The normalized spacial score (nSPS) is 17.8. The second-order valence-electron chi connectivity index (χ2n) is 6.51. The van der Waals surface area contributed by atoms with Gasteiger partial charge in [0.25, 0.3) is 0 Å². The number of rotatable bonds is 5. The van der Waals surface area contributed by atoms with Gasteiger partial charge < -0.3 is 20.2 Å². The Morgan fingerprint density at radius 2 is 1.90 bits per heavy atom. The Bertz CT molecular complexity index is 350. The van der Waals surface area contributed by atoms with Gasteiger partial charge in [-0.1, -0.05) is 0 Å². The lowest BCUT2D eigenvalue weighted by molar-refractivity contribution is -0.138. The van der Waals surface area contributed by atoms with Crippen molar-refractivity contribution in [1.29, 1.82) is 0 Å². The first-order chi connectivity index (χ1) is 9.19. The molecule has 1 fully saturated rings. The van der Waals surface area contributed by atoms with Crippen LogP contribution in [0.25, 0.3) is 0 Å². The average molecular weight is 285 g/mol. The fourth-order valence-corrected chi connectivity index (χ4v) is 2.52. The molecule has 0 bridgehead atoms. The van der Waals surface area contributed by atoms with Gasteiger partial charge in [-0.15, -0.1) is 0 Å². The summed E-state index contributed by atoms with van der Waals surface area (Å²) in [7, 11) is 3.88. The Morgan fingerprint density at radius 3 is 2.40 bits per heavy atom. The Labute approximate surface area is 121 Å². The van der Waals surface area contributed by atoms with Crippen molar-refractivity contribution in [3.63, 3.8) is 0 Å². The van der Waals surface area contributed by atoms with E-state index in [0.29, 0.717) is 5.92 Å². The molecule has 1 rings (SSSR count). The standard InChI is InChI=1S/C14H27N3O3/c1-14(2,9-12(18)19)15-13(20)17(4)10-11-5-7-16(3)8-6-11/h11H,5-10H2,1-4H3,(H,15,20)(H,18,19). The van der Waals surface area contributed by atoms with Gasteiger partial charge in [0.2, 0.25) is 0 Å². The van der Waals surface area contributed by atoms with E-state index in [1.807, 2.05) is 0 Å². The highest BCUT2D eigenvalue weighted by molar-refractivity contribution is 5.76. The summed E-state index contributed by atoms with van der Waals surface area (Å²) < 4.78 is 0. The van der Waals surface area contributed by atoms with E-state index in [9.17, 15) is 9.59 Å². The van der Waals surface area contributed by atoms with Crippen LogP contribution in [0.15, 0.2) is 0 Å². The Balaban J connectivity index is 2.40. The zero-order chi connectivity index (χ0) is 15.3. The van der Waals surface area contributed by atoms with Gasteiger partial charge in [-0.05, 0) is 52.7 Å². The number of likely N-dealkylation sites (tertiary alicyclic amines) is 1. The van der Waals surface area contributed by atoms with Gasteiger partial charge in [-0.2, -0.15) is 0 Å². The molecule has 0 aromatic rings. The highest BCUT2D eigenvalue weighted by Gasteiger charge is 2.26. The van der Waals surface area contributed by atoms with Crippen molar-refractivity contribution in [1.82, 2.24) is 15.1 Å². The van der Waals surface area contributed by atoms with Gasteiger partial charge in [0.15, 0.2) is 0 Å². The molecule has 0 radical (unpaired) electrons. The van der Waals surface area contributed by atoms with Crippen LogP contribution in [-0.4, -0.2) is 66.2 Å². The molecule has 0 saturated carbocycles. The third kappa shape index (κ3) is 5.77. The smallest absolute Gasteiger partial charge is 0.317 e. The molecule has 0 unspecified atom stereocenters. The summed E-state index contributed by atoms with van der Waals surface area (Å²) in [6.45, 7) is 6.32. The summed E-state index contributed by atoms with van der Waals surface area (Å²) in [6, 6.07) is -0.199. The molecule has 6 nitrogen and oxygen atoms in total. The van der Waals surface area contributed by atoms with Crippen LogP contribution in [0.1, 0.15) is 33.1 Å². The van der Waals surface area contributed by atoms with Crippen LogP contribution >= 0.6 is 0 Å². The van der Waals surface area contributed by atoms with Gasteiger partial charge in [0, 0.05) is 19.1 Å². The number of carboxylic acid groups (broad SMARTS) is 1. The maximum Gasteiger partial charge on any atom is 0.317 e. The molecule has 0 atom stereocenters. The molecule has 1 saturated heterocycles. The summed E-state index contributed by atoms with van der Waals surface area (Å²) in [4.78, 5) is 26.8. The number of aliphatic carboxylic acids is 1. The molecule has 1 heterocycles. The molecular weight excluding hydrogens is 258 g/mol. The number of nitrogens with zero attached hydrogens (tertiary/aromatic N) is 2. The number of carboxylic acids is 1. The number of piperidine rings is 1. The van der Waals surface area contributed by atoms with E-state index in [0.717, 1.165) is 32.5 Å². The minimum Gasteiger partial charge on any atom is -0.481 e. The van der Waals surface area contributed by atoms with E-state index in [-0.39, 0.29) is 12.5 Å². The monoisotopic (exact) mass is 285 g/mol. The van der Waals surface area contributed by atoms with Crippen molar-refractivity contribution < 1.29 is 14.7 Å². The number of carbonyl (C=O) groups excluding carboxylic acids is 1. The summed E-state index contributed by atoms with van der Waals surface area (Å²) in [5.74, 6) is -0.377. The van der Waals surface area contributed by atoms with Gasteiger partial charge in [0.1, 0.15) is 0 Å². The lowest BCUT2D eigenvalue weighted by Gasteiger charge is -2.33. The lowest BCUT2D eigenvalue weighted by atomic mass is 9.96. The SMILES string of the molecule is CN1CCC(CN(C)C(=O)NC(C)(C)CC(=O)O)CC1. The van der Waals surface area contributed by atoms with Crippen molar-refractivity contribution in [2.45, 2.75) is 38.6 Å². The molecule has 0 aromatic heterocycles. The number of hydrogen-bond acceptors (Lipinski definition) is 3. The molecule has 2 amide bonds. The van der Waals surface area contributed by atoms with E-state index in [1.54, 1.807) is 25.8 Å². The van der Waals surface area contributed by atoms with Crippen molar-refractivity contribution in [3.8, 4) is 0 Å². The lowest BCUT2D eigenvalue weighted by Crippen LogP contribution is -2.51. The van der Waals surface area contributed by atoms with Crippen LogP contribution in [0.5, 0.6) is 0 Å². The molecule has 0 aromatic carbocycles. The summed E-state index contributed by atoms with van der Waals surface area (Å²) >= 11 is 0. The molecule has 1 aliphatic rings. The van der Waals surface area contributed by atoms with E-state index in [2.05, 4.69) is 17.3 Å². The predicted molar refractivity (Wildman–Crippen MR) is 77.7 cm³/mol. The molecule has 6 heteroatoms. The molecule has 20 heavy (non-hydrogen) atoms. The summed E-state index contributed by atoms with van der Waals surface area (Å²) in [6.07, 6.45) is 2.13. The average Bonchev–Trinajstić information content (AvgIpc) is 2.29. The number of hydrogen-bond donors (Lipinski definition) is 2. The Kier molecular flexibility index (Phi) is 5.80. The molecule has 2 N–H and O–H groups in total. The highest BCUT2D eigenvalue weighted by Crippen LogP contribution is 2.17. The van der Waals surface area contributed by atoms with Crippen LogP contribution in [0.3, 0.4) is 0 Å². The quantitative estimate of drug-likeness (QED) is 0.796. The van der Waals surface area contributed by atoms with Gasteiger partial charge in [-0.25, -0.2) is 4.79 Å². The van der Waals surface area contributed by atoms with Crippen LogP contribution in [0, 0.1) is 5.92 Å². The van der Waals surface area contributed by atoms with E-state index in [4.69, 9.17) is 5.11 Å². The third-order valence-electron chi connectivity index (χ3n) is 3.76. The summed E-state index contributed by atoms with van der Waals surface area (Å²) in [5, 5.41) is 11.6. The topological polar surface area (TPSA) is 72.9 Å².